The van der Waals surface area contributed by atoms with E-state index in [4.69, 9.17) is 5.73 Å². The Morgan fingerprint density at radius 3 is 3.06 bits per heavy atom. The molecular weight excluding hydrogens is 235 g/mol. The molecule has 2 aromatic rings. The number of nitrogens with zero attached hydrogens (tertiary/aromatic N) is 1. The molecule has 1 aromatic carbocycles. The zero-order valence-corrected chi connectivity index (χ0v) is 10.3. The summed E-state index contributed by atoms with van der Waals surface area (Å²) in [5.41, 5.74) is 7.30. The fraction of sp³-hybridized carbons (Fsp3) is 0.308. The van der Waals surface area contributed by atoms with Gasteiger partial charge in [-0.2, -0.15) is 11.8 Å². The Hall–Kier alpha value is -1.13. The summed E-state index contributed by atoms with van der Waals surface area (Å²) in [5.74, 6) is 1.59. The third-order valence-electron chi connectivity index (χ3n) is 2.50. The van der Waals surface area contributed by atoms with Crippen LogP contribution < -0.4 is 5.73 Å². The molecule has 90 valence electrons. The highest BCUT2D eigenvalue weighted by atomic mass is 32.2. The molecule has 17 heavy (non-hydrogen) atoms. The second kappa shape index (κ2) is 5.98. The zero-order valence-electron chi connectivity index (χ0n) is 9.53. The standard InChI is InChI=1S/C13H15FN2S/c14-12-7-10-3-1-5-16-13(10)11(8-12)9-17-6-2-4-15/h1,3,5,7-8H,2,4,6,9,15H2. The predicted molar refractivity (Wildman–Crippen MR) is 71.5 cm³/mol. The van der Waals surface area contributed by atoms with Gasteiger partial charge in [0.1, 0.15) is 5.82 Å². The van der Waals surface area contributed by atoms with Crippen LogP contribution >= 0.6 is 11.8 Å². The molecule has 0 amide bonds. The molecule has 0 spiro atoms. The minimum absolute atomic E-state index is 0.195. The van der Waals surface area contributed by atoms with Gasteiger partial charge in [-0.1, -0.05) is 6.07 Å². The van der Waals surface area contributed by atoms with Crippen LogP contribution in [0.15, 0.2) is 30.5 Å². The van der Waals surface area contributed by atoms with Crippen molar-refractivity contribution in [3.05, 3.63) is 41.8 Å². The molecule has 0 saturated heterocycles. The summed E-state index contributed by atoms with van der Waals surface area (Å²) in [6.45, 7) is 0.704. The van der Waals surface area contributed by atoms with Crippen molar-refractivity contribution >= 4 is 22.7 Å². The van der Waals surface area contributed by atoms with Crippen molar-refractivity contribution < 1.29 is 4.39 Å². The van der Waals surface area contributed by atoms with Gasteiger partial charge >= 0.3 is 0 Å². The first-order chi connectivity index (χ1) is 8.31. The van der Waals surface area contributed by atoms with Crippen molar-refractivity contribution in [2.24, 2.45) is 5.73 Å². The lowest BCUT2D eigenvalue weighted by atomic mass is 10.1. The van der Waals surface area contributed by atoms with Gasteiger partial charge in [0.15, 0.2) is 0 Å². The maximum Gasteiger partial charge on any atom is 0.124 e. The van der Waals surface area contributed by atoms with Crippen LogP contribution in [-0.2, 0) is 5.75 Å². The van der Waals surface area contributed by atoms with Gasteiger partial charge in [0.05, 0.1) is 5.52 Å². The van der Waals surface area contributed by atoms with Crippen molar-refractivity contribution in [2.75, 3.05) is 12.3 Å². The van der Waals surface area contributed by atoms with Crippen LogP contribution in [0.3, 0.4) is 0 Å². The number of hydrogen-bond donors (Lipinski definition) is 1. The van der Waals surface area contributed by atoms with Crippen LogP contribution in [0, 0.1) is 5.82 Å². The molecule has 1 aromatic heterocycles. The van der Waals surface area contributed by atoms with E-state index in [0.717, 1.165) is 34.4 Å². The molecule has 0 aliphatic heterocycles. The molecule has 0 saturated carbocycles. The van der Waals surface area contributed by atoms with Gasteiger partial charge in [-0.3, -0.25) is 4.98 Å². The van der Waals surface area contributed by atoms with Gasteiger partial charge in [-0.25, -0.2) is 4.39 Å². The Kier molecular flexibility index (Phi) is 4.34. The second-order valence-electron chi connectivity index (χ2n) is 3.83. The van der Waals surface area contributed by atoms with E-state index in [1.165, 1.54) is 6.07 Å². The average molecular weight is 250 g/mol. The molecule has 0 fully saturated rings. The van der Waals surface area contributed by atoms with E-state index in [1.807, 2.05) is 12.1 Å². The molecule has 2 rings (SSSR count). The van der Waals surface area contributed by atoms with Crippen LogP contribution in [0.2, 0.25) is 0 Å². The van der Waals surface area contributed by atoms with Gasteiger partial charge in [-0.05, 0) is 42.5 Å². The number of fused-ring (bicyclic) bond motifs is 1. The Morgan fingerprint density at radius 2 is 2.24 bits per heavy atom. The normalized spacial score (nSPS) is 10.9. The van der Waals surface area contributed by atoms with E-state index in [1.54, 1.807) is 24.0 Å². The molecule has 0 radical (unpaired) electrons. The minimum Gasteiger partial charge on any atom is -0.330 e. The lowest BCUT2D eigenvalue weighted by Gasteiger charge is -2.06. The highest BCUT2D eigenvalue weighted by Gasteiger charge is 2.05. The summed E-state index contributed by atoms with van der Waals surface area (Å²) in [5, 5.41) is 0.863. The Morgan fingerprint density at radius 1 is 1.35 bits per heavy atom. The average Bonchev–Trinajstić information content (AvgIpc) is 2.34. The number of halogens is 1. The molecule has 4 heteroatoms. The second-order valence-corrected chi connectivity index (χ2v) is 4.94. The summed E-state index contributed by atoms with van der Waals surface area (Å²) in [6, 6.07) is 6.81. The first kappa shape index (κ1) is 12.3. The third-order valence-corrected chi connectivity index (χ3v) is 3.59. The van der Waals surface area contributed by atoms with Crippen molar-refractivity contribution in [3.8, 4) is 0 Å². The first-order valence-corrected chi connectivity index (χ1v) is 6.77. The molecule has 1 heterocycles. The number of benzene rings is 1. The van der Waals surface area contributed by atoms with Crippen LogP contribution in [0.25, 0.3) is 10.9 Å². The number of hydrogen-bond acceptors (Lipinski definition) is 3. The zero-order chi connectivity index (χ0) is 12.1. The van der Waals surface area contributed by atoms with Gasteiger partial charge in [0.25, 0.3) is 0 Å². The minimum atomic E-state index is -0.195. The number of rotatable bonds is 5. The maximum absolute atomic E-state index is 13.4. The van der Waals surface area contributed by atoms with Gasteiger partial charge in [-0.15, -0.1) is 0 Å². The van der Waals surface area contributed by atoms with Crippen LogP contribution in [-0.4, -0.2) is 17.3 Å². The highest BCUT2D eigenvalue weighted by molar-refractivity contribution is 7.98. The molecule has 0 aliphatic rings. The molecule has 0 aliphatic carbocycles. The highest BCUT2D eigenvalue weighted by Crippen LogP contribution is 2.22. The fourth-order valence-electron chi connectivity index (χ4n) is 1.71. The van der Waals surface area contributed by atoms with E-state index in [-0.39, 0.29) is 5.82 Å². The van der Waals surface area contributed by atoms with Crippen molar-refractivity contribution in [2.45, 2.75) is 12.2 Å². The van der Waals surface area contributed by atoms with Crippen LogP contribution in [0.5, 0.6) is 0 Å². The molecule has 2 N–H and O–H groups in total. The summed E-state index contributed by atoms with van der Waals surface area (Å²) >= 11 is 1.77. The Balaban J connectivity index is 2.20. The molecule has 0 unspecified atom stereocenters. The lowest BCUT2D eigenvalue weighted by Crippen LogP contribution is -1.99. The molecule has 0 atom stereocenters. The third kappa shape index (κ3) is 3.17. The fourth-order valence-corrected chi connectivity index (χ4v) is 2.66. The van der Waals surface area contributed by atoms with Crippen molar-refractivity contribution in [3.63, 3.8) is 0 Å². The smallest absolute Gasteiger partial charge is 0.124 e. The monoisotopic (exact) mass is 250 g/mol. The summed E-state index contributed by atoms with van der Waals surface area (Å²) in [4.78, 5) is 4.32. The summed E-state index contributed by atoms with van der Waals surface area (Å²) in [6.07, 6.45) is 2.74. The summed E-state index contributed by atoms with van der Waals surface area (Å²) in [7, 11) is 0. The number of nitrogens with two attached hydrogens (primary N) is 1. The topological polar surface area (TPSA) is 38.9 Å². The van der Waals surface area contributed by atoms with Crippen molar-refractivity contribution in [1.82, 2.24) is 4.98 Å². The largest absolute Gasteiger partial charge is 0.330 e. The van der Waals surface area contributed by atoms with E-state index < -0.39 is 0 Å². The van der Waals surface area contributed by atoms with Crippen molar-refractivity contribution in [1.29, 1.82) is 0 Å². The van der Waals surface area contributed by atoms with E-state index in [9.17, 15) is 4.39 Å². The van der Waals surface area contributed by atoms with E-state index in [2.05, 4.69) is 4.98 Å². The molecule has 0 bridgehead atoms. The number of aromatic nitrogens is 1. The molecule has 2 nitrogen and oxygen atoms in total. The lowest BCUT2D eigenvalue weighted by molar-refractivity contribution is 0.628. The SMILES string of the molecule is NCCCSCc1cc(F)cc2cccnc12. The predicted octanol–water partition coefficient (Wildman–Crippen LogP) is 2.96. The van der Waals surface area contributed by atoms with Crippen LogP contribution in [0.4, 0.5) is 4.39 Å². The Bertz CT molecular complexity index is 502. The Labute approximate surface area is 104 Å². The number of pyridine rings is 1. The quantitative estimate of drug-likeness (QED) is 0.829. The van der Waals surface area contributed by atoms with Gasteiger partial charge in [0, 0.05) is 17.3 Å². The first-order valence-electron chi connectivity index (χ1n) is 5.62. The number of thioether (sulfide) groups is 1. The van der Waals surface area contributed by atoms with E-state index in [0.29, 0.717) is 6.54 Å². The van der Waals surface area contributed by atoms with Gasteiger partial charge in [0.2, 0.25) is 0 Å². The van der Waals surface area contributed by atoms with E-state index >= 15 is 0 Å². The van der Waals surface area contributed by atoms with Gasteiger partial charge < -0.3 is 5.73 Å². The summed E-state index contributed by atoms with van der Waals surface area (Å²) < 4.78 is 13.4. The van der Waals surface area contributed by atoms with Crippen LogP contribution in [0.1, 0.15) is 12.0 Å². The molecular formula is C13H15FN2S. The maximum atomic E-state index is 13.4.